The predicted molar refractivity (Wildman–Crippen MR) is 83.9 cm³/mol. The summed E-state index contributed by atoms with van der Waals surface area (Å²) in [5.41, 5.74) is 0.948. The number of morpholine rings is 1. The minimum atomic E-state index is -1.08. The number of carbonyl (C=O) groups excluding carboxylic acids is 2. The molecule has 0 radical (unpaired) electrons. The van der Waals surface area contributed by atoms with Crippen LogP contribution in [0.3, 0.4) is 0 Å². The molecule has 0 aliphatic carbocycles. The molecule has 1 saturated heterocycles. The maximum Gasteiger partial charge on any atom is 0.323 e. The van der Waals surface area contributed by atoms with Crippen LogP contribution in [0.2, 0.25) is 0 Å². The van der Waals surface area contributed by atoms with Crippen LogP contribution in [0.25, 0.3) is 0 Å². The molecule has 1 aromatic rings. The number of carboxylic acids is 1. The molecule has 2 aliphatic rings. The number of carboxylic acid groups (broad SMARTS) is 1. The molecule has 122 valence electrons. The van der Waals surface area contributed by atoms with E-state index in [0.717, 1.165) is 4.90 Å². The third-order valence-corrected chi connectivity index (χ3v) is 4.79. The molecule has 7 nitrogen and oxygen atoms in total. The summed E-state index contributed by atoms with van der Waals surface area (Å²) in [7, 11) is 0. The van der Waals surface area contributed by atoms with Gasteiger partial charge >= 0.3 is 5.97 Å². The number of nitrogens with zero attached hydrogens (tertiary/aromatic N) is 2. The maximum atomic E-state index is 12.5. The van der Waals surface area contributed by atoms with Gasteiger partial charge in [-0.05, 0) is 18.2 Å². The van der Waals surface area contributed by atoms with Crippen molar-refractivity contribution in [3.8, 4) is 0 Å². The van der Waals surface area contributed by atoms with Crippen LogP contribution in [0.5, 0.6) is 0 Å². The smallest absolute Gasteiger partial charge is 0.323 e. The molecule has 2 heterocycles. The first-order valence-electron chi connectivity index (χ1n) is 7.22. The molecule has 0 unspecified atom stereocenters. The number of amides is 2. The Morgan fingerprint density at radius 2 is 2.00 bits per heavy atom. The Bertz CT molecular complexity index is 657. The molecule has 1 aromatic carbocycles. The Morgan fingerprint density at radius 3 is 2.70 bits per heavy atom. The zero-order chi connectivity index (χ0) is 16.4. The molecular formula is C15H16N2O5S. The van der Waals surface area contributed by atoms with Gasteiger partial charge in [-0.25, -0.2) is 0 Å². The van der Waals surface area contributed by atoms with E-state index in [1.54, 1.807) is 23.1 Å². The topological polar surface area (TPSA) is 87.2 Å². The third kappa shape index (κ3) is 3.32. The molecule has 2 amide bonds. The lowest BCUT2D eigenvalue weighted by Gasteiger charge is -2.30. The van der Waals surface area contributed by atoms with E-state index in [9.17, 15) is 14.4 Å². The Hall–Kier alpha value is -2.06. The molecule has 3 rings (SSSR count). The zero-order valence-electron chi connectivity index (χ0n) is 12.4. The van der Waals surface area contributed by atoms with Crippen LogP contribution in [-0.2, 0) is 14.3 Å². The number of ether oxygens (including phenoxy) is 1. The van der Waals surface area contributed by atoms with Gasteiger partial charge in [-0.15, -0.1) is 11.8 Å². The van der Waals surface area contributed by atoms with E-state index in [4.69, 9.17) is 9.84 Å². The van der Waals surface area contributed by atoms with Gasteiger partial charge < -0.3 is 14.7 Å². The van der Waals surface area contributed by atoms with Crippen molar-refractivity contribution in [3.63, 3.8) is 0 Å². The molecule has 1 N–H and O–H groups in total. The Labute approximate surface area is 137 Å². The number of carbonyl (C=O) groups is 3. The second-order valence-electron chi connectivity index (χ2n) is 5.25. The molecule has 0 spiro atoms. The van der Waals surface area contributed by atoms with E-state index in [1.165, 1.54) is 16.7 Å². The third-order valence-electron chi connectivity index (χ3n) is 3.74. The maximum absolute atomic E-state index is 12.5. The van der Waals surface area contributed by atoms with Gasteiger partial charge in [-0.1, -0.05) is 0 Å². The zero-order valence-corrected chi connectivity index (χ0v) is 13.2. The van der Waals surface area contributed by atoms with Gasteiger partial charge in [-0.2, -0.15) is 0 Å². The number of aliphatic carboxylic acids is 1. The number of rotatable bonds is 3. The van der Waals surface area contributed by atoms with Crippen LogP contribution in [0.15, 0.2) is 23.1 Å². The van der Waals surface area contributed by atoms with Crippen molar-refractivity contribution in [1.29, 1.82) is 0 Å². The van der Waals surface area contributed by atoms with Crippen LogP contribution in [0.4, 0.5) is 5.69 Å². The number of benzene rings is 1. The molecule has 8 heteroatoms. The first kappa shape index (κ1) is 15.8. The Kier molecular flexibility index (Phi) is 4.53. The monoisotopic (exact) mass is 336 g/mol. The number of thioether (sulfide) groups is 1. The van der Waals surface area contributed by atoms with E-state index in [2.05, 4.69) is 0 Å². The second kappa shape index (κ2) is 6.59. The van der Waals surface area contributed by atoms with Crippen molar-refractivity contribution in [1.82, 2.24) is 4.90 Å². The van der Waals surface area contributed by atoms with Gasteiger partial charge in [-0.3, -0.25) is 19.3 Å². The fourth-order valence-corrected chi connectivity index (χ4v) is 3.51. The molecule has 2 aliphatic heterocycles. The van der Waals surface area contributed by atoms with Crippen molar-refractivity contribution in [2.24, 2.45) is 0 Å². The van der Waals surface area contributed by atoms with Crippen LogP contribution >= 0.6 is 11.8 Å². The lowest BCUT2D eigenvalue weighted by molar-refractivity contribution is -0.136. The average molecular weight is 336 g/mol. The lowest BCUT2D eigenvalue weighted by Crippen LogP contribution is -2.41. The summed E-state index contributed by atoms with van der Waals surface area (Å²) < 4.78 is 5.24. The summed E-state index contributed by atoms with van der Waals surface area (Å²) in [6, 6.07) is 5.10. The van der Waals surface area contributed by atoms with Crippen LogP contribution in [0, 0.1) is 0 Å². The molecule has 1 fully saturated rings. The standard InChI is InChI=1S/C15H16N2O5S/c18-13-9-23-12-2-1-10(7-11(12)17(13)8-14(19)20)15(21)16-3-5-22-6-4-16/h1-2,7H,3-6,8-9H2,(H,19,20). The van der Waals surface area contributed by atoms with E-state index < -0.39 is 12.5 Å². The molecule has 23 heavy (non-hydrogen) atoms. The van der Waals surface area contributed by atoms with Crippen LogP contribution in [-0.4, -0.2) is 66.4 Å². The quantitative estimate of drug-likeness (QED) is 0.873. The highest BCUT2D eigenvalue weighted by Gasteiger charge is 2.28. The normalized spacial score (nSPS) is 17.8. The first-order chi connectivity index (χ1) is 11.1. The van der Waals surface area contributed by atoms with E-state index in [-0.39, 0.29) is 17.6 Å². The second-order valence-corrected chi connectivity index (χ2v) is 6.27. The highest BCUT2D eigenvalue weighted by molar-refractivity contribution is 8.00. The van der Waals surface area contributed by atoms with Gasteiger partial charge in [0.2, 0.25) is 5.91 Å². The minimum Gasteiger partial charge on any atom is -0.480 e. The van der Waals surface area contributed by atoms with Crippen LogP contribution in [0.1, 0.15) is 10.4 Å². The van der Waals surface area contributed by atoms with Crippen molar-refractivity contribution < 1.29 is 24.2 Å². The van der Waals surface area contributed by atoms with Crippen molar-refractivity contribution in [2.45, 2.75) is 4.90 Å². The summed E-state index contributed by atoms with van der Waals surface area (Å²) in [5.74, 6) is -1.27. The fourth-order valence-electron chi connectivity index (χ4n) is 2.59. The van der Waals surface area contributed by atoms with Gasteiger partial charge in [0, 0.05) is 23.5 Å². The van der Waals surface area contributed by atoms with Gasteiger partial charge in [0.25, 0.3) is 5.91 Å². The SMILES string of the molecule is O=C(O)CN1C(=O)CSc2ccc(C(=O)N3CCOCC3)cc21. The molecule has 0 atom stereocenters. The predicted octanol–water partition coefficient (Wildman–Crippen LogP) is 0.682. The summed E-state index contributed by atoms with van der Waals surface area (Å²) in [4.78, 5) is 39.3. The average Bonchev–Trinajstić information content (AvgIpc) is 2.57. The summed E-state index contributed by atoms with van der Waals surface area (Å²) in [6.07, 6.45) is 0. The van der Waals surface area contributed by atoms with Crippen molar-refractivity contribution in [3.05, 3.63) is 23.8 Å². The Morgan fingerprint density at radius 1 is 1.26 bits per heavy atom. The first-order valence-corrected chi connectivity index (χ1v) is 8.21. The molecular weight excluding hydrogens is 320 g/mol. The van der Waals surface area contributed by atoms with E-state index in [0.29, 0.717) is 37.6 Å². The summed E-state index contributed by atoms with van der Waals surface area (Å²) in [6.45, 7) is 1.68. The summed E-state index contributed by atoms with van der Waals surface area (Å²) in [5, 5.41) is 9.00. The van der Waals surface area contributed by atoms with Gasteiger partial charge in [0.05, 0.1) is 24.7 Å². The van der Waals surface area contributed by atoms with Crippen molar-refractivity contribution in [2.75, 3.05) is 43.5 Å². The number of hydrogen-bond acceptors (Lipinski definition) is 5. The lowest BCUT2D eigenvalue weighted by atomic mass is 10.1. The summed E-state index contributed by atoms with van der Waals surface area (Å²) >= 11 is 1.35. The Balaban J connectivity index is 1.90. The number of anilines is 1. The molecule has 0 bridgehead atoms. The van der Waals surface area contributed by atoms with Crippen LogP contribution < -0.4 is 4.90 Å². The number of fused-ring (bicyclic) bond motifs is 1. The highest BCUT2D eigenvalue weighted by Crippen LogP contribution is 2.36. The highest BCUT2D eigenvalue weighted by atomic mass is 32.2. The molecule has 0 aromatic heterocycles. The minimum absolute atomic E-state index is 0.130. The van der Waals surface area contributed by atoms with Gasteiger partial charge in [0.1, 0.15) is 6.54 Å². The van der Waals surface area contributed by atoms with Crippen molar-refractivity contribution >= 4 is 35.2 Å². The number of hydrogen-bond donors (Lipinski definition) is 1. The van der Waals surface area contributed by atoms with E-state index >= 15 is 0 Å². The van der Waals surface area contributed by atoms with E-state index in [1.807, 2.05) is 0 Å². The fraction of sp³-hybridized carbons (Fsp3) is 0.400. The molecule has 0 saturated carbocycles. The van der Waals surface area contributed by atoms with Gasteiger partial charge in [0.15, 0.2) is 0 Å². The largest absolute Gasteiger partial charge is 0.480 e.